The Morgan fingerprint density at radius 3 is 2.57 bits per heavy atom. The van der Waals surface area contributed by atoms with Crippen LogP contribution in [-0.2, 0) is 5.54 Å². The van der Waals surface area contributed by atoms with Crippen LogP contribution in [0.4, 0.5) is 0 Å². The summed E-state index contributed by atoms with van der Waals surface area (Å²) in [6.45, 7) is 2.15. The van der Waals surface area contributed by atoms with Gasteiger partial charge in [-0.1, -0.05) is 40.9 Å². The van der Waals surface area contributed by atoms with Gasteiger partial charge in [-0.15, -0.1) is 0 Å². The Morgan fingerprint density at radius 1 is 1.29 bits per heavy atom. The summed E-state index contributed by atoms with van der Waals surface area (Å²) in [6, 6.07) is 6.34. The van der Waals surface area contributed by atoms with Crippen molar-refractivity contribution in [2.24, 2.45) is 5.73 Å². The van der Waals surface area contributed by atoms with E-state index in [1.54, 1.807) is 0 Å². The third-order valence-electron chi connectivity index (χ3n) is 3.30. The standard InChI is InChI=1S/C12H16BrN/c1-9-10(5-4-6-11(9)13)12(14)7-2-3-8-12/h4-6H,2-3,7-8,14H2,1H3. The largest absolute Gasteiger partial charge is 0.321 e. The van der Waals surface area contributed by atoms with Crippen molar-refractivity contribution in [1.82, 2.24) is 0 Å². The van der Waals surface area contributed by atoms with E-state index in [9.17, 15) is 0 Å². The Hall–Kier alpha value is -0.340. The lowest BCUT2D eigenvalue weighted by Crippen LogP contribution is -2.33. The van der Waals surface area contributed by atoms with Crippen molar-refractivity contribution in [3.8, 4) is 0 Å². The maximum atomic E-state index is 6.43. The molecule has 14 heavy (non-hydrogen) atoms. The zero-order valence-corrected chi connectivity index (χ0v) is 10.1. The Bertz CT molecular complexity index is 340. The first kappa shape index (κ1) is 10.2. The molecule has 1 fully saturated rings. The smallest absolute Gasteiger partial charge is 0.0412 e. The highest BCUT2D eigenvalue weighted by atomic mass is 79.9. The van der Waals surface area contributed by atoms with Crippen molar-refractivity contribution in [1.29, 1.82) is 0 Å². The van der Waals surface area contributed by atoms with Gasteiger partial charge in [0, 0.05) is 10.0 Å². The van der Waals surface area contributed by atoms with Crippen LogP contribution in [0.1, 0.15) is 36.8 Å². The summed E-state index contributed by atoms with van der Waals surface area (Å²) in [7, 11) is 0. The molecule has 1 saturated carbocycles. The number of benzene rings is 1. The van der Waals surface area contributed by atoms with Crippen LogP contribution in [0.3, 0.4) is 0 Å². The van der Waals surface area contributed by atoms with E-state index in [0.29, 0.717) is 0 Å². The van der Waals surface area contributed by atoms with Crippen LogP contribution in [0.2, 0.25) is 0 Å². The maximum Gasteiger partial charge on any atom is 0.0412 e. The molecule has 0 radical (unpaired) electrons. The van der Waals surface area contributed by atoms with E-state index in [1.165, 1.54) is 28.4 Å². The van der Waals surface area contributed by atoms with E-state index >= 15 is 0 Å². The zero-order valence-electron chi connectivity index (χ0n) is 8.52. The van der Waals surface area contributed by atoms with Crippen LogP contribution in [0.5, 0.6) is 0 Å². The van der Waals surface area contributed by atoms with E-state index in [0.717, 1.165) is 12.8 Å². The van der Waals surface area contributed by atoms with E-state index in [2.05, 4.69) is 41.1 Å². The Morgan fingerprint density at radius 2 is 1.93 bits per heavy atom. The lowest BCUT2D eigenvalue weighted by molar-refractivity contribution is 0.459. The monoisotopic (exact) mass is 253 g/mol. The average molecular weight is 254 g/mol. The fourth-order valence-corrected chi connectivity index (χ4v) is 2.79. The molecule has 0 bridgehead atoms. The molecule has 0 spiro atoms. The number of hydrogen-bond acceptors (Lipinski definition) is 1. The van der Waals surface area contributed by atoms with Crippen LogP contribution in [-0.4, -0.2) is 0 Å². The fourth-order valence-electron chi connectivity index (χ4n) is 2.42. The Labute approximate surface area is 93.8 Å². The molecular formula is C12H16BrN. The van der Waals surface area contributed by atoms with Gasteiger partial charge < -0.3 is 5.73 Å². The van der Waals surface area contributed by atoms with Crippen LogP contribution < -0.4 is 5.73 Å². The summed E-state index contributed by atoms with van der Waals surface area (Å²) in [4.78, 5) is 0. The van der Waals surface area contributed by atoms with Gasteiger partial charge in [-0.05, 0) is 37.0 Å². The van der Waals surface area contributed by atoms with Crippen molar-refractivity contribution < 1.29 is 0 Å². The van der Waals surface area contributed by atoms with Gasteiger partial charge in [0.2, 0.25) is 0 Å². The lowest BCUT2D eigenvalue weighted by atomic mass is 9.86. The van der Waals surface area contributed by atoms with Crippen molar-refractivity contribution in [3.63, 3.8) is 0 Å². The van der Waals surface area contributed by atoms with Gasteiger partial charge >= 0.3 is 0 Å². The molecule has 1 aliphatic rings. The molecule has 0 heterocycles. The SMILES string of the molecule is Cc1c(Br)cccc1C1(N)CCCC1. The molecule has 0 aromatic heterocycles. The van der Waals surface area contributed by atoms with Gasteiger partial charge in [0.25, 0.3) is 0 Å². The lowest BCUT2D eigenvalue weighted by Gasteiger charge is -2.26. The van der Waals surface area contributed by atoms with Crippen LogP contribution in [0.15, 0.2) is 22.7 Å². The second-order valence-electron chi connectivity index (χ2n) is 4.28. The summed E-state index contributed by atoms with van der Waals surface area (Å²) < 4.78 is 1.17. The quantitative estimate of drug-likeness (QED) is 0.815. The average Bonchev–Trinajstić information content (AvgIpc) is 2.58. The minimum atomic E-state index is -0.0616. The summed E-state index contributed by atoms with van der Waals surface area (Å²) in [5, 5.41) is 0. The second kappa shape index (κ2) is 3.67. The number of nitrogens with two attached hydrogens (primary N) is 1. The minimum absolute atomic E-state index is 0.0616. The highest BCUT2D eigenvalue weighted by molar-refractivity contribution is 9.10. The maximum absolute atomic E-state index is 6.43. The first-order valence-corrected chi connectivity index (χ1v) is 5.97. The second-order valence-corrected chi connectivity index (χ2v) is 5.13. The Balaban J connectivity index is 2.45. The van der Waals surface area contributed by atoms with E-state index < -0.39 is 0 Å². The minimum Gasteiger partial charge on any atom is -0.321 e. The van der Waals surface area contributed by atoms with E-state index in [-0.39, 0.29) is 5.54 Å². The van der Waals surface area contributed by atoms with E-state index in [1.807, 2.05) is 0 Å². The van der Waals surface area contributed by atoms with Crippen LogP contribution in [0, 0.1) is 6.92 Å². The zero-order chi connectivity index (χ0) is 10.2. The predicted octanol–water partition coefficient (Wildman–Crippen LogP) is 3.49. The first-order valence-electron chi connectivity index (χ1n) is 5.18. The van der Waals surface area contributed by atoms with Gasteiger partial charge in [-0.25, -0.2) is 0 Å². The van der Waals surface area contributed by atoms with Crippen LogP contribution >= 0.6 is 15.9 Å². The van der Waals surface area contributed by atoms with Gasteiger partial charge in [0.1, 0.15) is 0 Å². The topological polar surface area (TPSA) is 26.0 Å². The highest BCUT2D eigenvalue weighted by Gasteiger charge is 2.32. The molecule has 0 amide bonds. The van der Waals surface area contributed by atoms with Gasteiger partial charge in [-0.2, -0.15) is 0 Å². The third kappa shape index (κ3) is 1.61. The molecular weight excluding hydrogens is 238 g/mol. The summed E-state index contributed by atoms with van der Waals surface area (Å²) in [5.41, 5.74) is 8.99. The Kier molecular flexibility index (Phi) is 2.67. The molecule has 1 aromatic rings. The van der Waals surface area contributed by atoms with Crippen molar-refractivity contribution in [2.45, 2.75) is 38.1 Å². The molecule has 76 valence electrons. The molecule has 1 aliphatic carbocycles. The fraction of sp³-hybridized carbons (Fsp3) is 0.500. The van der Waals surface area contributed by atoms with Crippen molar-refractivity contribution in [2.75, 3.05) is 0 Å². The molecule has 2 heteroatoms. The molecule has 1 nitrogen and oxygen atoms in total. The predicted molar refractivity (Wildman–Crippen MR) is 63.2 cm³/mol. The number of rotatable bonds is 1. The molecule has 0 atom stereocenters. The molecule has 2 N–H and O–H groups in total. The first-order chi connectivity index (χ1) is 6.63. The summed E-state index contributed by atoms with van der Waals surface area (Å²) in [6.07, 6.45) is 4.79. The van der Waals surface area contributed by atoms with Crippen LogP contribution in [0.25, 0.3) is 0 Å². The summed E-state index contributed by atoms with van der Waals surface area (Å²) >= 11 is 3.56. The molecule has 0 unspecified atom stereocenters. The third-order valence-corrected chi connectivity index (χ3v) is 4.16. The highest BCUT2D eigenvalue weighted by Crippen LogP contribution is 2.39. The normalized spacial score (nSPS) is 19.9. The van der Waals surface area contributed by atoms with Crippen molar-refractivity contribution in [3.05, 3.63) is 33.8 Å². The molecule has 0 aliphatic heterocycles. The number of halogens is 1. The molecule has 0 saturated heterocycles. The van der Waals surface area contributed by atoms with Gasteiger partial charge in [0.15, 0.2) is 0 Å². The van der Waals surface area contributed by atoms with Crippen molar-refractivity contribution >= 4 is 15.9 Å². The molecule has 1 aromatic carbocycles. The number of hydrogen-bond donors (Lipinski definition) is 1. The summed E-state index contributed by atoms with van der Waals surface area (Å²) in [5.74, 6) is 0. The van der Waals surface area contributed by atoms with E-state index in [4.69, 9.17) is 5.73 Å². The van der Waals surface area contributed by atoms with Gasteiger partial charge in [-0.3, -0.25) is 0 Å². The van der Waals surface area contributed by atoms with Gasteiger partial charge in [0.05, 0.1) is 0 Å². The molecule has 2 rings (SSSR count).